The van der Waals surface area contributed by atoms with E-state index in [1.165, 1.54) is 0 Å². The predicted octanol–water partition coefficient (Wildman–Crippen LogP) is 1.29. The third kappa shape index (κ3) is 3.30. The predicted molar refractivity (Wildman–Crippen MR) is 105 cm³/mol. The fraction of sp³-hybridized carbons (Fsp3) is 0.450. The lowest BCUT2D eigenvalue weighted by Crippen LogP contribution is -2.49. The van der Waals surface area contributed by atoms with Crippen molar-refractivity contribution in [3.8, 4) is 5.75 Å². The van der Waals surface area contributed by atoms with Crippen molar-refractivity contribution in [1.29, 1.82) is 0 Å². The zero-order chi connectivity index (χ0) is 19.7. The molecule has 2 N–H and O–H groups in total. The summed E-state index contributed by atoms with van der Waals surface area (Å²) in [6.45, 7) is 3.34. The Labute approximate surface area is 163 Å². The topological polar surface area (TPSA) is 93.7 Å². The van der Waals surface area contributed by atoms with Gasteiger partial charge in [-0.15, -0.1) is 0 Å². The van der Waals surface area contributed by atoms with E-state index >= 15 is 0 Å². The van der Waals surface area contributed by atoms with Crippen LogP contribution in [-0.2, 0) is 13.0 Å². The van der Waals surface area contributed by atoms with Gasteiger partial charge in [-0.25, -0.2) is 4.98 Å². The number of fused-ring (bicyclic) bond motifs is 1. The molecule has 2 aliphatic rings. The largest absolute Gasteiger partial charge is 0.497 e. The van der Waals surface area contributed by atoms with Crippen molar-refractivity contribution in [2.75, 3.05) is 38.2 Å². The molecule has 1 fully saturated rings. The van der Waals surface area contributed by atoms with Gasteiger partial charge in [0, 0.05) is 44.8 Å². The number of hydrogen-bond donors (Lipinski definition) is 1. The summed E-state index contributed by atoms with van der Waals surface area (Å²) in [7, 11) is 1.65. The molecule has 0 radical (unpaired) electrons. The van der Waals surface area contributed by atoms with Crippen molar-refractivity contribution in [3.05, 3.63) is 41.5 Å². The maximum absolute atomic E-state index is 13.2. The fourth-order valence-electron chi connectivity index (χ4n) is 3.98. The average molecular weight is 383 g/mol. The number of aromatic nitrogens is 2. The minimum Gasteiger partial charge on any atom is -0.497 e. The number of piperazine rings is 1. The van der Waals surface area contributed by atoms with E-state index in [-0.39, 0.29) is 11.6 Å². The number of primary amides is 1. The summed E-state index contributed by atoms with van der Waals surface area (Å²) in [5.74, 6) is 0.827. The smallest absolute Gasteiger partial charge is 0.273 e. The summed E-state index contributed by atoms with van der Waals surface area (Å²) in [6, 6.07) is 7.92. The third-order valence-corrected chi connectivity index (χ3v) is 5.52. The highest BCUT2D eigenvalue weighted by Crippen LogP contribution is 2.24. The molecule has 8 nitrogen and oxygen atoms in total. The van der Waals surface area contributed by atoms with Gasteiger partial charge < -0.3 is 24.8 Å². The fourth-order valence-corrected chi connectivity index (χ4v) is 3.98. The summed E-state index contributed by atoms with van der Waals surface area (Å²) >= 11 is 0. The van der Waals surface area contributed by atoms with Crippen molar-refractivity contribution < 1.29 is 14.3 Å². The van der Waals surface area contributed by atoms with E-state index in [1.54, 1.807) is 12.0 Å². The van der Waals surface area contributed by atoms with Crippen molar-refractivity contribution >= 4 is 17.5 Å². The summed E-state index contributed by atoms with van der Waals surface area (Å²) in [6.07, 6.45) is 2.77. The Morgan fingerprint density at radius 2 is 1.75 bits per heavy atom. The first-order valence-corrected chi connectivity index (χ1v) is 9.66. The van der Waals surface area contributed by atoms with Crippen LogP contribution in [0.4, 0.5) is 5.69 Å². The molecule has 28 heavy (non-hydrogen) atoms. The lowest BCUT2D eigenvalue weighted by Gasteiger charge is -2.36. The van der Waals surface area contributed by atoms with Gasteiger partial charge in [0.2, 0.25) is 0 Å². The number of imidazole rings is 1. The zero-order valence-corrected chi connectivity index (χ0v) is 16.1. The van der Waals surface area contributed by atoms with Crippen LogP contribution in [0.25, 0.3) is 0 Å². The van der Waals surface area contributed by atoms with Gasteiger partial charge in [-0.2, -0.15) is 0 Å². The maximum atomic E-state index is 13.2. The highest BCUT2D eigenvalue weighted by molar-refractivity contribution is 6.04. The molecule has 4 rings (SSSR count). The second-order valence-corrected chi connectivity index (χ2v) is 7.18. The van der Waals surface area contributed by atoms with E-state index in [0.717, 1.165) is 49.6 Å². The molecule has 0 bridgehead atoms. The molecular formula is C20H25N5O3. The van der Waals surface area contributed by atoms with Crippen LogP contribution in [0.5, 0.6) is 5.75 Å². The molecule has 0 spiro atoms. The van der Waals surface area contributed by atoms with E-state index in [0.29, 0.717) is 25.3 Å². The number of rotatable bonds is 4. The summed E-state index contributed by atoms with van der Waals surface area (Å²) in [5, 5.41) is 0. The Bertz CT molecular complexity index is 882. The van der Waals surface area contributed by atoms with Crippen LogP contribution >= 0.6 is 0 Å². The molecule has 0 saturated carbocycles. The quantitative estimate of drug-likeness (QED) is 0.859. The molecule has 2 amide bonds. The monoisotopic (exact) mass is 383 g/mol. The van der Waals surface area contributed by atoms with Gasteiger partial charge in [0.25, 0.3) is 11.8 Å². The molecule has 8 heteroatoms. The van der Waals surface area contributed by atoms with Crippen LogP contribution in [-0.4, -0.2) is 59.6 Å². The molecule has 2 aromatic rings. The van der Waals surface area contributed by atoms with Crippen molar-refractivity contribution in [2.45, 2.75) is 25.8 Å². The number of methoxy groups -OCH3 is 1. The highest BCUT2D eigenvalue weighted by Gasteiger charge is 2.31. The van der Waals surface area contributed by atoms with Crippen LogP contribution in [0.1, 0.15) is 39.6 Å². The Morgan fingerprint density at radius 3 is 2.39 bits per heavy atom. The number of nitrogens with zero attached hydrogens (tertiary/aromatic N) is 4. The first kappa shape index (κ1) is 18.3. The molecule has 1 saturated heterocycles. The normalized spacial score (nSPS) is 16.6. The lowest BCUT2D eigenvalue weighted by molar-refractivity contribution is 0.0729. The number of carbonyl (C=O) groups excluding carboxylic acids is 2. The second kappa shape index (κ2) is 7.53. The van der Waals surface area contributed by atoms with Gasteiger partial charge in [0.15, 0.2) is 5.69 Å². The van der Waals surface area contributed by atoms with E-state index in [1.807, 2.05) is 28.8 Å². The van der Waals surface area contributed by atoms with Gasteiger partial charge in [-0.1, -0.05) is 0 Å². The number of hydrogen-bond acceptors (Lipinski definition) is 5. The van der Waals surface area contributed by atoms with E-state index in [4.69, 9.17) is 10.5 Å². The molecule has 0 atom stereocenters. The lowest BCUT2D eigenvalue weighted by atomic mass is 10.1. The van der Waals surface area contributed by atoms with Crippen LogP contribution in [0.2, 0.25) is 0 Å². The zero-order valence-electron chi connectivity index (χ0n) is 16.1. The Morgan fingerprint density at radius 1 is 1.04 bits per heavy atom. The maximum Gasteiger partial charge on any atom is 0.273 e. The molecule has 1 aromatic carbocycles. The molecule has 0 aliphatic carbocycles. The minimum atomic E-state index is -0.637. The highest BCUT2D eigenvalue weighted by atomic mass is 16.5. The first-order valence-electron chi connectivity index (χ1n) is 9.66. The van der Waals surface area contributed by atoms with Crippen LogP contribution < -0.4 is 15.4 Å². The number of carbonyl (C=O) groups is 2. The van der Waals surface area contributed by atoms with E-state index in [2.05, 4.69) is 9.88 Å². The number of anilines is 1. The Hall–Kier alpha value is -3.03. The number of nitrogens with two attached hydrogens (primary N) is 1. The van der Waals surface area contributed by atoms with Gasteiger partial charge in [0.1, 0.15) is 17.3 Å². The summed E-state index contributed by atoms with van der Waals surface area (Å²) < 4.78 is 7.10. The number of aryl methyl sites for hydroxylation is 1. The summed E-state index contributed by atoms with van der Waals surface area (Å²) in [5.41, 5.74) is 7.09. The molecule has 3 heterocycles. The minimum absolute atomic E-state index is 0.111. The number of benzene rings is 1. The second-order valence-electron chi connectivity index (χ2n) is 7.18. The molecular weight excluding hydrogens is 358 g/mol. The van der Waals surface area contributed by atoms with Crippen molar-refractivity contribution in [2.24, 2.45) is 5.73 Å². The van der Waals surface area contributed by atoms with Crippen LogP contribution in [0.3, 0.4) is 0 Å². The van der Waals surface area contributed by atoms with Crippen LogP contribution in [0.15, 0.2) is 24.3 Å². The third-order valence-electron chi connectivity index (χ3n) is 5.52. The Balaban J connectivity index is 1.50. The number of amides is 2. The van der Waals surface area contributed by atoms with Crippen LogP contribution in [0, 0.1) is 0 Å². The average Bonchev–Trinajstić information content (AvgIpc) is 3.13. The Kier molecular flexibility index (Phi) is 4.93. The van der Waals surface area contributed by atoms with Crippen molar-refractivity contribution in [1.82, 2.24) is 14.5 Å². The standard InChI is InChI=1S/C20H25N5O3/c1-28-15-7-5-14(6-8-15)23-10-12-24(13-11-23)20(27)18-17(19(21)26)22-16-4-2-3-9-25(16)18/h5-8H,2-4,9-13H2,1H3,(H2,21,26). The van der Waals surface area contributed by atoms with E-state index < -0.39 is 5.91 Å². The summed E-state index contributed by atoms with van der Waals surface area (Å²) in [4.78, 5) is 33.5. The molecule has 0 unspecified atom stereocenters. The van der Waals surface area contributed by atoms with Gasteiger partial charge in [-0.3, -0.25) is 9.59 Å². The van der Waals surface area contributed by atoms with Crippen molar-refractivity contribution in [3.63, 3.8) is 0 Å². The molecule has 1 aromatic heterocycles. The van der Waals surface area contributed by atoms with E-state index in [9.17, 15) is 9.59 Å². The molecule has 2 aliphatic heterocycles. The van der Waals surface area contributed by atoms with Gasteiger partial charge in [-0.05, 0) is 37.1 Å². The number of ether oxygens (including phenoxy) is 1. The molecule has 148 valence electrons. The van der Waals surface area contributed by atoms with Gasteiger partial charge in [0.05, 0.1) is 7.11 Å². The first-order chi connectivity index (χ1) is 13.6. The SMILES string of the molecule is COc1ccc(N2CCN(C(=O)c3c(C(N)=O)nc4n3CCCC4)CC2)cc1. The van der Waals surface area contributed by atoms with Gasteiger partial charge >= 0.3 is 0 Å².